The second-order valence-corrected chi connectivity index (χ2v) is 9.48. The molecular weight excluding hydrogens is 456 g/mol. The molecule has 0 bridgehead atoms. The van der Waals surface area contributed by atoms with Gasteiger partial charge in [-0.1, -0.05) is 11.6 Å². The molecule has 1 amide bonds. The molecule has 0 unspecified atom stereocenters. The van der Waals surface area contributed by atoms with Crippen molar-refractivity contribution in [2.45, 2.75) is 30.6 Å². The Bertz CT molecular complexity index is 1200. The second-order valence-electron chi connectivity index (χ2n) is 9.08. The number of fused-ring (bicyclic) bond motifs is 3. The van der Waals surface area contributed by atoms with Crippen LogP contribution in [0.2, 0.25) is 5.02 Å². The number of phenolic OH excluding ortho intramolecular Hbond substituents is 1. The number of amides is 1. The minimum Gasteiger partial charge on any atom is -0.508 e. The topological polar surface area (TPSA) is 182 Å². The van der Waals surface area contributed by atoms with Gasteiger partial charge in [-0.2, -0.15) is 0 Å². The van der Waals surface area contributed by atoms with Crippen LogP contribution in [0.5, 0.6) is 5.75 Å². The van der Waals surface area contributed by atoms with E-state index in [9.17, 15) is 39.9 Å². The van der Waals surface area contributed by atoms with E-state index in [-0.39, 0.29) is 22.6 Å². The van der Waals surface area contributed by atoms with Crippen LogP contribution in [-0.2, 0) is 20.0 Å². The summed E-state index contributed by atoms with van der Waals surface area (Å²) in [7, 11) is 2.97. The van der Waals surface area contributed by atoms with Crippen LogP contribution >= 0.6 is 11.6 Å². The molecule has 0 radical (unpaired) electrons. The fourth-order valence-electron chi connectivity index (χ4n) is 5.58. The Kier molecular flexibility index (Phi) is 4.96. The Morgan fingerprint density at radius 2 is 1.79 bits per heavy atom. The van der Waals surface area contributed by atoms with Gasteiger partial charge in [0, 0.05) is 28.0 Å². The summed E-state index contributed by atoms with van der Waals surface area (Å²) in [5.41, 5.74) is -1.10. The molecule has 176 valence electrons. The van der Waals surface area contributed by atoms with Crippen molar-refractivity contribution in [1.82, 2.24) is 4.90 Å². The Balaban J connectivity index is 2.07. The van der Waals surface area contributed by atoms with Gasteiger partial charge in [0.1, 0.15) is 22.8 Å². The van der Waals surface area contributed by atoms with E-state index in [2.05, 4.69) is 0 Å². The number of nitrogens with zero attached hydrogens (tertiary/aromatic N) is 1. The van der Waals surface area contributed by atoms with E-state index < -0.39 is 75.0 Å². The third-order valence-corrected chi connectivity index (χ3v) is 7.39. The lowest BCUT2D eigenvalue weighted by Crippen LogP contribution is -2.67. The number of hydrogen-bond donors (Lipinski definition) is 6. The molecule has 0 spiro atoms. The van der Waals surface area contributed by atoms with Gasteiger partial charge in [-0.05, 0) is 39.6 Å². The number of nitrogens with two attached hydrogens (primary N) is 1. The van der Waals surface area contributed by atoms with Crippen molar-refractivity contribution in [3.05, 3.63) is 45.2 Å². The van der Waals surface area contributed by atoms with Gasteiger partial charge in [-0.15, -0.1) is 0 Å². The van der Waals surface area contributed by atoms with Crippen LogP contribution in [0.25, 0.3) is 5.76 Å². The SMILES string of the molecule is CN(C)[C@@H]1C(=O)C(C(N)=O)=C(O)[C@]2(O)C(=O)C3=C(O)c4c(O)ccc(Cl)c4[C@](C)(O)[C@@H]3C[C@H]12. The fourth-order valence-corrected chi connectivity index (χ4v) is 5.93. The molecule has 4 rings (SSSR count). The smallest absolute Gasteiger partial charge is 0.255 e. The maximum atomic E-state index is 13.7. The number of aliphatic hydroxyl groups excluding tert-OH is 2. The summed E-state index contributed by atoms with van der Waals surface area (Å²) in [6.07, 6.45) is -0.259. The van der Waals surface area contributed by atoms with Crippen molar-refractivity contribution in [3.63, 3.8) is 0 Å². The molecule has 0 heterocycles. The van der Waals surface area contributed by atoms with Gasteiger partial charge in [0.05, 0.1) is 17.2 Å². The summed E-state index contributed by atoms with van der Waals surface area (Å²) in [6, 6.07) is 1.24. The largest absolute Gasteiger partial charge is 0.508 e. The highest BCUT2D eigenvalue weighted by Gasteiger charge is 2.66. The average Bonchev–Trinajstić information content (AvgIpc) is 2.69. The highest BCUT2D eigenvalue weighted by atomic mass is 35.5. The molecule has 7 N–H and O–H groups in total. The number of likely N-dealkylation sites (N-methyl/N-ethyl adjacent to an activating group) is 1. The van der Waals surface area contributed by atoms with Crippen LogP contribution in [0.4, 0.5) is 0 Å². The lowest BCUT2D eigenvalue weighted by atomic mass is 9.54. The molecule has 0 aliphatic heterocycles. The Hall–Kier alpha value is -2.92. The highest BCUT2D eigenvalue weighted by molar-refractivity contribution is 6.32. The molecule has 0 saturated heterocycles. The van der Waals surface area contributed by atoms with Crippen molar-refractivity contribution in [2.75, 3.05) is 14.1 Å². The number of carbonyl (C=O) groups excluding carboxylic acids is 3. The van der Waals surface area contributed by atoms with E-state index in [1.54, 1.807) is 0 Å². The minimum atomic E-state index is -2.78. The number of rotatable bonds is 2. The van der Waals surface area contributed by atoms with Crippen LogP contribution < -0.4 is 5.73 Å². The van der Waals surface area contributed by atoms with E-state index in [0.29, 0.717) is 0 Å². The standard InChI is InChI=1S/C22H23ClN2O8/c1-21(32)7-6-8-15(25(2)3)17(28)13(20(24)31)19(30)22(8,33)18(29)11(7)16(27)12-10(26)5-4-9(23)14(12)21/h4-5,7-8,15,26-27,30,32-33H,6H2,1-3H3,(H2,24,31)/t7-,8-,15+,21-,22-/m1/s1. The lowest BCUT2D eigenvalue weighted by molar-refractivity contribution is -0.159. The monoisotopic (exact) mass is 478 g/mol. The van der Waals surface area contributed by atoms with E-state index in [4.69, 9.17) is 17.3 Å². The van der Waals surface area contributed by atoms with Crippen molar-refractivity contribution < 1.29 is 39.9 Å². The summed E-state index contributed by atoms with van der Waals surface area (Å²) in [6.45, 7) is 1.34. The molecule has 3 aliphatic carbocycles. The van der Waals surface area contributed by atoms with E-state index in [0.717, 1.165) is 0 Å². The molecule has 5 atom stereocenters. The van der Waals surface area contributed by atoms with Crippen molar-refractivity contribution >= 4 is 34.8 Å². The summed E-state index contributed by atoms with van der Waals surface area (Å²) < 4.78 is 0. The lowest BCUT2D eigenvalue weighted by Gasteiger charge is -2.53. The first-order valence-electron chi connectivity index (χ1n) is 10.1. The van der Waals surface area contributed by atoms with Crippen LogP contribution in [0, 0.1) is 11.8 Å². The van der Waals surface area contributed by atoms with Crippen molar-refractivity contribution in [1.29, 1.82) is 0 Å². The molecule has 1 aromatic rings. The predicted octanol–water partition coefficient (Wildman–Crippen LogP) is 0.282. The predicted molar refractivity (Wildman–Crippen MR) is 115 cm³/mol. The zero-order valence-electron chi connectivity index (χ0n) is 18.0. The van der Waals surface area contributed by atoms with E-state index in [1.807, 2.05) is 0 Å². The summed E-state index contributed by atoms with van der Waals surface area (Å²) in [5.74, 6) is -8.30. The molecule has 0 aromatic heterocycles. The van der Waals surface area contributed by atoms with Gasteiger partial charge in [0.2, 0.25) is 5.78 Å². The van der Waals surface area contributed by atoms with Crippen LogP contribution in [0.15, 0.2) is 29.0 Å². The number of benzene rings is 1. The minimum absolute atomic E-state index is 0.0187. The van der Waals surface area contributed by atoms with Gasteiger partial charge >= 0.3 is 0 Å². The number of aliphatic hydroxyl groups is 4. The van der Waals surface area contributed by atoms with Gasteiger partial charge in [-0.25, -0.2) is 0 Å². The first-order valence-corrected chi connectivity index (χ1v) is 10.5. The second kappa shape index (κ2) is 7.04. The number of phenols is 1. The van der Waals surface area contributed by atoms with Gasteiger partial charge in [0.15, 0.2) is 11.4 Å². The van der Waals surface area contributed by atoms with Crippen molar-refractivity contribution in [3.8, 4) is 5.75 Å². The molecule has 11 heteroatoms. The molecule has 10 nitrogen and oxygen atoms in total. The number of carbonyl (C=O) groups is 3. The quantitative estimate of drug-likeness (QED) is 0.325. The third-order valence-electron chi connectivity index (χ3n) is 7.07. The number of Topliss-reactive ketones (excluding diaryl/α,β-unsaturated/α-hetero) is 2. The maximum absolute atomic E-state index is 13.7. The van der Waals surface area contributed by atoms with Crippen molar-refractivity contribution in [2.24, 2.45) is 17.6 Å². The Labute approximate surface area is 193 Å². The number of halogens is 1. The normalized spacial score (nSPS) is 33.7. The first-order chi connectivity index (χ1) is 15.2. The van der Waals surface area contributed by atoms with E-state index >= 15 is 0 Å². The molecule has 3 aliphatic rings. The summed E-state index contributed by atoms with van der Waals surface area (Å²) in [4.78, 5) is 40.1. The number of aromatic hydroxyl groups is 1. The maximum Gasteiger partial charge on any atom is 0.255 e. The van der Waals surface area contributed by atoms with Crippen LogP contribution in [-0.4, -0.2) is 73.6 Å². The number of primary amides is 1. The molecular formula is C22H23ClN2O8. The van der Waals surface area contributed by atoms with Crippen LogP contribution in [0.3, 0.4) is 0 Å². The van der Waals surface area contributed by atoms with Gasteiger partial charge < -0.3 is 31.3 Å². The molecule has 1 fully saturated rings. The molecule has 33 heavy (non-hydrogen) atoms. The molecule has 1 saturated carbocycles. The van der Waals surface area contributed by atoms with Gasteiger partial charge in [-0.3, -0.25) is 19.3 Å². The van der Waals surface area contributed by atoms with Crippen LogP contribution in [0.1, 0.15) is 24.5 Å². The van der Waals surface area contributed by atoms with E-state index in [1.165, 1.54) is 38.1 Å². The fraction of sp³-hybridized carbons (Fsp3) is 0.409. The average molecular weight is 479 g/mol. The number of ketones is 2. The highest BCUT2D eigenvalue weighted by Crippen LogP contribution is 2.58. The summed E-state index contributed by atoms with van der Waals surface area (Å²) in [5, 5.41) is 55.2. The zero-order chi connectivity index (χ0) is 24.8. The van der Waals surface area contributed by atoms with Gasteiger partial charge in [0.25, 0.3) is 5.91 Å². The first kappa shape index (κ1) is 23.2. The zero-order valence-corrected chi connectivity index (χ0v) is 18.7. The summed E-state index contributed by atoms with van der Waals surface area (Å²) >= 11 is 6.28. The molecule has 1 aromatic carbocycles. The number of hydrogen-bond acceptors (Lipinski definition) is 9. The third kappa shape index (κ3) is 2.75. The Morgan fingerprint density at radius 1 is 1.18 bits per heavy atom. The Morgan fingerprint density at radius 3 is 2.33 bits per heavy atom.